The maximum absolute atomic E-state index is 13.6. The Balaban J connectivity index is 1.79. The van der Waals surface area contributed by atoms with Gasteiger partial charge in [0.15, 0.2) is 0 Å². The zero-order chi connectivity index (χ0) is 22.8. The fraction of sp³-hybridized carbons (Fsp3) is 0.174. The third-order valence-electron chi connectivity index (χ3n) is 5.18. The van der Waals surface area contributed by atoms with E-state index in [0.717, 1.165) is 0 Å². The second-order valence-electron chi connectivity index (χ2n) is 7.33. The van der Waals surface area contributed by atoms with Crippen molar-refractivity contribution < 1.29 is 9.59 Å². The number of urea groups is 1. The summed E-state index contributed by atoms with van der Waals surface area (Å²) < 4.78 is 0. The lowest BCUT2D eigenvalue weighted by Crippen LogP contribution is -2.45. The summed E-state index contributed by atoms with van der Waals surface area (Å²) in [5, 5.41) is 6.73. The summed E-state index contributed by atoms with van der Waals surface area (Å²) in [6.45, 7) is 1.98. The van der Waals surface area contributed by atoms with E-state index in [4.69, 9.17) is 23.2 Å². The second kappa shape index (κ2) is 9.16. The topological polar surface area (TPSA) is 77.6 Å². The number of amides is 3. The van der Waals surface area contributed by atoms with E-state index in [1.54, 1.807) is 78.4 Å². The fourth-order valence-electron chi connectivity index (χ4n) is 3.40. The number of carbonyl (C=O) groups excluding carboxylic acids is 2. The van der Waals surface area contributed by atoms with Gasteiger partial charge in [0.2, 0.25) is 5.91 Å². The van der Waals surface area contributed by atoms with Crippen molar-refractivity contribution in [3.05, 3.63) is 76.4 Å². The molecule has 0 spiro atoms. The number of benzene rings is 2. The molecule has 2 heterocycles. The quantitative estimate of drug-likeness (QED) is 0.537. The molecule has 2 N–H and O–H groups in total. The Morgan fingerprint density at radius 2 is 1.69 bits per heavy atom. The number of carbonyl (C=O) groups is 2. The van der Waals surface area contributed by atoms with Crippen LogP contribution in [0.3, 0.4) is 0 Å². The van der Waals surface area contributed by atoms with Crippen LogP contribution in [0.2, 0.25) is 10.0 Å². The molecule has 1 aromatic heterocycles. The van der Waals surface area contributed by atoms with Gasteiger partial charge in [-0.25, -0.2) is 9.78 Å². The summed E-state index contributed by atoms with van der Waals surface area (Å²) >= 11 is 12.4. The predicted molar refractivity (Wildman–Crippen MR) is 128 cm³/mol. The lowest BCUT2D eigenvalue weighted by Gasteiger charge is -2.36. The number of hydrogen-bond acceptors (Lipinski definition) is 4. The third kappa shape index (κ3) is 4.41. The van der Waals surface area contributed by atoms with Crippen molar-refractivity contribution in [1.82, 2.24) is 10.3 Å². The van der Waals surface area contributed by atoms with E-state index in [0.29, 0.717) is 38.6 Å². The first-order chi connectivity index (χ1) is 15.4. The summed E-state index contributed by atoms with van der Waals surface area (Å²) in [6.07, 6.45) is 0. The highest BCUT2D eigenvalue weighted by Gasteiger charge is 2.34. The molecule has 1 atom stereocenters. The molecule has 4 rings (SSSR count). The number of halogens is 2. The molecule has 0 saturated heterocycles. The van der Waals surface area contributed by atoms with Gasteiger partial charge in [-0.3, -0.25) is 14.6 Å². The SMILES string of the molecule is CNC(C)C(=O)Nc1ccc2c(n1)CN(c1cccc(Cl)c1)C(=O)N2c1cccc(Cl)c1. The van der Waals surface area contributed by atoms with Crippen LogP contribution in [0.1, 0.15) is 12.6 Å². The van der Waals surface area contributed by atoms with Crippen LogP contribution < -0.4 is 20.4 Å². The number of anilines is 4. The number of nitrogens with one attached hydrogen (secondary N) is 2. The van der Waals surface area contributed by atoms with Gasteiger partial charge in [0, 0.05) is 15.7 Å². The smallest absolute Gasteiger partial charge is 0.309 e. The van der Waals surface area contributed by atoms with E-state index in [1.165, 1.54) is 0 Å². The van der Waals surface area contributed by atoms with Crippen molar-refractivity contribution in [3.63, 3.8) is 0 Å². The van der Waals surface area contributed by atoms with Gasteiger partial charge in [-0.15, -0.1) is 0 Å². The van der Waals surface area contributed by atoms with Crippen molar-refractivity contribution in [2.24, 2.45) is 0 Å². The molecule has 0 bridgehead atoms. The molecule has 0 fully saturated rings. The third-order valence-corrected chi connectivity index (χ3v) is 5.66. The highest BCUT2D eigenvalue weighted by Crippen LogP contribution is 2.38. The summed E-state index contributed by atoms with van der Waals surface area (Å²) in [5.41, 5.74) is 2.49. The molecule has 9 heteroatoms. The van der Waals surface area contributed by atoms with E-state index in [1.807, 2.05) is 6.07 Å². The standard InChI is InChI=1S/C23H21Cl2N5O2/c1-14(26-2)22(31)28-21-10-9-20-19(27-21)13-29(17-7-3-5-15(24)11-17)23(32)30(20)18-8-4-6-16(25)12-18/h3-12,14,26H,13H2,1-2H3,(H,27,28,31). The van der Waals surface area contributed by atoms with Crippen LogP contribution in [0.4, 0.5) is 27.7 Å². The number of fused-ring (bicyclic) bond motifs is 1. The zero-order valence-corrected chi connectivity index (χ0v) is 19.0. The molecule has 0 aliphatic carbocycles. The van der Waals surface area contributed by atoms with Gasteiger partial charge in [-0.2, -0.15) is 0 Å². The molecule has 1 aliphatic rings. The average Bonchev–Trinajstić information content (AvgIpc) is 2.78. The average molecular weight is 470 g/mol. The molecule has 0 saturated carbocycles. The Bertz CT molecular complexity index is 1190. The molecule has 3 amide bonds. The van der Waals surface area contributed by atoms with E-state index >= 15 is 0 Å². The number of hydrogen-bond donors (Lipinski definition) is 2. The molecule has 3 aromatic rings. The van der Waals surface area contributed by atoms with Gasteiger partial charge in [-0.05, 0) is 62.5 Å². The second-order valence-corrected chi connectivity index (χ2v) is 8.20. The Labute approximate surface area is 195 Å². The van der Waals surface area contributed by atoms with Crippen molar-refractivity contribution in [1.29, 1.82) is 0 Å². The van der Waals surface area contributed by atoms with E-state index in [9.17, 15) is 9.59 Å². The normalized spacial score (nSPS) is 14.2. The van der Waals surface area contributed by atoms with Crippen molar-refractivity contribution in [2.45, 2.75) is 19.5 Å². The van der Waals surface area contributed by atoms with Crippen LogP contribution in [-0.4, -0.2) is 30.0 Å². The Morgan fingerprint density at radius 1 is 1.03 bits per heavy atom. The molecule has 0 radical (unpaired) electrons. The first-order valence-electron chi connectivity index (χ1n) is 9.98. The predicted octanol–water partition coefficient (Wildman–Crippen LogP) is 5.21. The van der Waals surface area contributed by atoms with Gasteiger partial charge in [0.1, 0.15) is 5.82 Å². The number of aromatic nitrogens is 1. The minimum atomic E-state index is -0.375. The van der Waals surface area contributed by atoms with E-state index in [2.05, 4.69) is 15.6 Å². The maximum atomic E-state index is 13.6. The Hall–Kier alpha value is -3.13. The van der Waals surface area contributed by atoms with Gasteiger partial charge in [0.05, 0.1) is 29.7 Å². The van der Waals surface area contributed by atoms with Crippen LogP contribution in [0.25, 0.3) is 0 Å². The van der Waals surface area contributed by atoms with Gasteiger partial charge in [0.25, 0.3) is 0 Å². The van der Waals surface area contributed by atoms with Crippen molar-refractivity contribution >= 4 is 58.0 Å². The van der Waals surface area contributed by atoms with Crippen LogP contribution >= 0.6 is 23.2 Å². The summed E-state index contributed by atoms with van der Waals surface area (Å²) in [6, 6.07) is 16.9. The molecule has 164 valence electrons. The number of likely N-dealkylation sites (N-methyl/N-ethyl adjacent to an activating group) is 1. The van der Waals surface area contributed by atoms with Crippen LogP contribution in [-0.2, 0) is 11.3 Å². The lowest BCUT2D eigenvalue weighted by molar-refractivity contribution is -0.117. The molecule has 1 unspecified atom stereocenters. The number of pyridine rings is 1. The molecule has 1 aliphatic heterocycles. The zero-order valence-electron chi connectivity index (χ0n) is 17.5. The minimum absolute atomic E-state index is 0.203. The maximum Gasteiger partial charge on any atom is 0.334 e. The van der Waals surface area contributed by atoms with E-state index < -0.39 is 0 Å². The number of nitrogens with zero attached hydrogens (tertiary/aromatic N) is 3. The lowest BCUT2D eigenvalue weighted by atomic mass is 10.1. The molecular weight excluding hydrogens is 449 g/mol. The van der Waals surface area contributed by atoms with E-state index in [-0.39, 0.29) is 24.5 Å². The van der Waals surface area contributed by atoms with Crippen molar-refractivity contribution in [3.8, 4) is 0 Å². The Kier molecular flexibility index (Phi) is 6.32. The van der Waals surface area contributed by atoms with Gasteiger partial charge in [-0.1, -0.05) is 35.3 Å². The summed E-state index contributed by atoms with van der Waals surface area (Å²) in [4.78, 5) is 33.6. The highest BCUT2D eigenvalue weighted by molar-refractivity contribution is 6.31. The monoisotopic (exact) mass is 469 g/mol. The van der Waals surface area contributed by atoms with Crippen LogP contribution in [0.5, 0.6) is 0 Å². The van der Waals surface area contributed by atoms with Gasteiger partial charge >= 0.3 is 6.03 Å². The molecule has 2 aromatic carbocycles. The van der Waals surface area contributed by atoms with Crippen molar-refractivity contribution in [2.75, 3.05) is 22.2 Å². The minimum Gasteiger partial charge on any atom is -0.309 e. The van der Waals surface area contributed by atoms with Crippen LogP contribution in [0, 0.1) is 0 Å². The molecule has 32 heavy (non-hydrogen) atoms. The fourth-order valence-corrected chi connectivity index (χ4v) is 3.77. The first kappa shape index (κ1) is 22.1. The first-order valence-corrected chi connectivity index (χ1v) is 10.7. The summed E-state index contributed by atoms with van der Waals surface area (Å²) in [7, 11) is 1.71. The molecular formula is C23H21Cl2N5O2. The largest absolute Gasteiger partial charge is 0.334 e. The number of rotatable bonds is 5. The summed E-state index contributed by atoms with van der Waals surface area (Å²) in [5.74, 6) is 0.201. The Morgan fingerprint density at radius 3 is 2.34 bits per heavy atom. The molecule has 7 nitrogen and oxygen atoms in total. The highest BCUT2D eigenvalue weighted by atomic mass is 35.5. The van der Waals surface area contributed by atoms with Crippen LogP contribution in [0.15, 0.2) is 60.7 Å². The van der Waals surface area contributed by atoms with Gasteiger partial charge < -0.3 is 10.6 Å².